The fourth-order valence-corrected chi connectivity index (χ4v) is 25.7. The molecule has 0 aliphatic heterocycles. The lowest BCUT2D eigenvalue weighted by Crippen LogP contribution is -2.14. The Kier molecular flexibility index (Phi) is 20.8. The Labute approximate surface area is 861 Å². The molecule has 2 aliphatic carbocycles. The minimum Gasteiger partial charge on any atom is -0.0622 e. The molecule has 0 aromatic heterocycles. The van der Waals surface area contributed by atoms with E-state index >= 15 is 0 Å². The van der Waals surface area contributed by atoms with E-state index in [-0.39, 0.29) is 10.8 Å². The van der Waals surface area contributed by atoms with Crippen molar-refractivity contribution < 1.29 is 0 Å². The van der Waals surface area contributed by atoms with Gasteiger partial charge < -0.3 is 0 Å². The van der Waals surface area contributed by atoms with Crippen molar-refractivity contribution in [1.29, 1.82) is 0 Å². The molecule has 28 aromatic carbocycles. The lowest BCUT2D eigenvalue weighted by molar-refractivity contribution is 0.660. The van der Waals surface area contributed by atoms with E-state index < -0.39 is 0 Å². The van der Waals surface area contributed by atoms with Gasteiger partial charge in [0.15, 0.2) is 0 Å². The van der Waals surface area contributed by atoms with Crippen molar-refractivity contribution in [3.05, 3.63) is 556 Å². The molecule has 148 heavy (non-hydrogen) atoms. The van der Waals surface area contributed by atoms with Crippen LogP contribution in [0.3, 0.4) is 0 Å². The third-order valence-corrected chi connectivity index (χ3v) is 32.5. The Hall–Kier alpha value is -18.5. The fraction of sp³-hybridized carbons (Fsp3) is 0.0405. The van der Waals surface area contributed by atoms with Crippen molar-refractivity contribution in [2.24, 2.45) is 0 Å². The van der Waals surface area contributed by atoms with Gasteiger partial charge in [-0.2, -0.15) is 0 Å². The molecule has 0 nitrogen and oxygen atoms in total. The quantitative estimate of drug-likeness (QED) is 0.120. The minimum absolute atomic E-state index is 0.0586. The topological polar surface area (TPSA) is 0 Å². The highest BCUT2D eigenvalue weighted by Gasteiger charge is 2.38. The van der Waals surface area contributed by atoms with Gasteiger partial charge in [-0.15, -0.1) is 0 Å². The van der Waals surface area contributed by atoms with Crippen LogP contribution in [-0.2, 0) is 10.8 Å². The van der Waals surface area contributed by atoms with Crippen molar-refractivity contribution >= 4 is 140 Å². The molecule has 0 amide bonds. The number of rotatable bonds is 10. The molecule has 0 unspecified atom stereocenters. The van der Waals surface area contributed by atoms with Gasteiger partial charge in [0.25, 0.3) is 0 Å². The van der Waals surface area contributed by atoms with Gasteiger partial charge >= 0.3 is 0 Å². The van der Waals surface area contributed by atoms with Crippen LogP contribution in [0.15, 0.2) is 534 Å². The third-order valence-electron chi connectivity index (χ3n) is 32.5. The summed E-state index contributed by atoms with van der Waals surface area (Å²) in [4.78, 5) is 0. The highest BCUT2D eigenvalue weighted by atomic mass is 14.4. The molecule has 2 aliphatic rings. The van der Waals surface area contributed by atoms with Gasteiger partial charge in [0.2, 0.25) is 0 Å². The molecule has 0 fully saturated rings. The molecular formula is C148H100. The first kappa shape index (κ1) is 87.3. The Balaban J connectivity index is 0.000000107. The van der Waals surface area contributed by atoms with Crippen molar-refractivity contribution in [3.8, 4) is 134 Å². The molecule has 0 saturated carbocycles. The average Bonchev–Trinajstić information content (AvgIpc) is 1.33. The summed E-state index contributed by atoms with van der Waals surface area (Å²) in [5.41, 5.74) is 36.2. The fourth-order valence-electron chi connectivity index (χ4n) is 25.7. The van der Waals surface area contributed by atoms with Gasteiger partial charge in [-0.25, -0.2) is 0 Å². The zero-order valence-electron chi connectivity index (χ0n) is 82.8. The van der Waals surface area contributed by atoms with Crippen LogP contribution in [0.1, 0.15) is 49.9 Å². The molecule has 0 saturated heterocycles. The molecule has 0 heterocycles. The number of hydrogen-bond donors (Lipinski definition) is 0. The molecule has 692 valence electrons. The second-order valence-electron chi connectivity index (χ2n) is 41.3. The standard InChI is InChI=1S/C54H34.C49H34.C45H32/c1-2-17-37(18-3-1)51-43-22-8-10-24-45(43)53(46-25-11-9-23-44(46)51)40-31-32-49-50(34-40)54(42-28-14-20-36-16-6-7-21-41(36)42)48-27-13-12-26-47(48)52(49)39-30-29-35-15-4-5-19-38(35)33-39;1-49(2)45-24-10-9-19-38(45)39-27-26-34(30-46(39)49)47-41-20-7-8-21-42(41)48(40-23-12-16-32-14-4-6-18-36(32)40)44-29-33(25-28-43(44)47)37-22-11-15-31-13-3-5-17-35(31)37;1-45(2)41-22-11-10-18-34(41)35-25-24-32(28-42(35)45)43-37-19-8-9-20-38(37)44(36-21-12-16-30-15-6-7-17-33(30)36)40-27-31(23-26-39(40)43)29-13-4-3-5-14-29/h1-34H;3-30H,1-2H3;3-28H,1-2H3. The van der Waals surface area contributed by atoms with Crippen molar-refractivity contribution in [2.75, 3.05) is 0 Å². The smallest absolute Gasteiger partial charge is 0.0159 e. The zero-order chi connectivity index (χ0) is 98.4. The molecule has 0 spiro atoms. The highest BCUT2D eigenvalue weighted by molar-refractivity contribution is 6.30. The minimum atomic E-state index is -0.0715. The Morgan fingerprint density at radius 3 is 0.723 bits per heavy atom. The predicted molar refractivity (Wildman–Crippen MR) is 636 cm³/mol. The first-order valence-electron chi connectivity index (χ1n) is 51.9. The maximum absolute atomic E-state index is 2.49. The summed E-state index contributed by atoms with van der Waals surface area (Å²) in [6.45, 7) is 9.48. The van der Waals surface area contributed by atoms with Gasteiger partial charge in [0.05, 0.1) is 0 Å². The summed E-state index contributed by atoms with van der Waals surface area (Å²) in [5, 5.41) is 32.9. The molecule has 28 aromatic rings. The van der Waals surface area contributed by atoms with Crippen molar-refractivity contribution in [2.45, 2.75) is 38.5 Å². The first-order chi connectivity index (χ1) is 73.0. The van der Waals surface area contributed by atoms with Crippen LogP contribution in [0.2, 0.25) is 0 Å². The number of fused-ring (bicyclic) bond motifs is 19. The van der Waals surface area contributed by atoms with E-state index in [0.717, 1.165) is 0 Å². The lowest BCUT2D eigenvalue weighted by Gasteiger charge is -2.23. The van der Waals surface area contributed by atoms with Gasteiger partial charge in [-0.1, -0.05) is 525 Å². The maximum atomic E-state index is 2.49. The van der Waals surface area contributed by atoms with Crippen LogP contribution in [-0.4, -0.2) is 0 Å². The van der Waals surface area contributed by atoms with Crippen LogP contribution < -0.4 is 0 Å². The van der Waals surface area contributed by atoms with E-state index in [1.165, 1.54) is 296 Å². The van der Waals surface area contributed by atoms with Crippen LogP contribution in [0.25, 0.3) is 274 Å². The molecule has 0 N–H and O–H groups in total. The van der Waals surface area contributed by atoms with E-state index in [1.54, 1.807) is 0 Å². The molecule has 0 radical (unpaired) electrons. The summed E-state index contributed by atoms with van der Waals surface area (Å²) in [7, 11) is 0. The third kappa shape index (κ3) is 14.2. The SMILES string of the molecule is CC1(C)c2ccccc2-c2ccc(-c3c4ccccc4c(-c4cccc5ccccc45)c4cc(-c5cccc6ccccc56)ccc34)cc21.CC1(C)c2ccccc2-c2ccc(-c3c4ccccc4c(-c4cccc5ccccc45)c4cc(-c5ccccc5)ccc34)cc21.c1ccc(-c2c3ccccc3c(-c3ccc4c(-c5ccc6ccccc6c5)c5ccccc5c(-c5cccc6ccccc56)c4c3)c3ccccc23)cc1. The van der Waals surface area contributed by atoms with Crippen LogP contribution in [0.4, 0.5) is 0 Å². The average molecular weight is 1880 g/mol. The molecule has 0 heteroatoms. The Morgan fingerprint density at radius 2 is 0.331 bits per heavy atom. The van der Waals surface area contributed by atoms with Crippen LogP contribution in [0.5, 0.6) is 0 Å². The van der Waals surface area contributed by atoms with E-state index in [1.807, 2.05) is 0 Å². The predicted octanol–water partition coefficient (Wildman–Crippen LogP) is 41.3. The van der Waals surface area contributed by atoms with Gasteiger partial charge in [-0.05, 0) is 332 Å². The normalized spacial score (nSPS) is 12.7. The summed E-state index contributed by atoms with van der Waals surface area (Å²) in [6.07, 6.45) is 0. The molecule has 0 bridgehead atoms. The van der Waals surface area contributed by atoms with Gasteiger partial charge in [0.1, 0.15) is 0 Å². The van der Waals surface area contributed by atoms with E-state index in [4.69, 9.17) is 0 Å². The summed E-state index contributed by atoms with van der Waals surface area (Å²) < 4.78 is 0. The molecular weight excluding hydrogens is 1780 g/mol. The monoisotopic (exact) mass is 1880 g/mol. The van der Waals surface area contributed by atoms with Crippen LogP contribution >= 0.6 is 0 Å². The first-order valence-corrected chi connectivity index (χ1v) is 51.9. The summed E-state index contributed by atoms with van der Waals surface area (Å²) >= 11 is 0. The lowest BCUT2D eigenvalue weighted by atomic mass is 9.80. The summed E-state index contributed by atoms with van der Waals surface area (Å²) in [6, 6.07) is 198. The molecule has 0 atom stereocenters. The highest BCUT2D eigenvalue weighted by Crippen LogP contribution is 2.58. The van der Waals surface area contributed by atoms with Crippen molar-refractivity contribution in [3.63, 3.8) is 0 Å². The van der Waals surface area contributed by atoms with Gasteiger partial charge in [-0.3, -0.25) is 0 Å². The zero-order valence-corrected chi connectivity index (χ0v) is 82.8. The summed E-state index contributed by atoms with van der Waals surface area (Å²) in [5.74, 6) is 0. The van der Waals surface area contributed by atoms with Crippen molar-refractivity contribution in [1.82, 2.24) is 0 Å². The second kappa shape index (κ2) is 35.3. The van der Waals surface area contributed by atoms with Gasteiger partial charge in [0, 0.05) is 10.8 Å². The van der Waals surface area contributed by atoms with E-state index in [0.29, 0.717) is 0 Å². The van der Waals surface area contributed by atoms with Crippen LogP contribution in [0, 0.1) is 0 Å². The molecule has 30 rings (SSSR count). The maximum Gasteiger partial charge on any atom is 0.0159 e. The largest absolute Gasteiger partial charge is 0.0622 e. The van der Waals surface area contributed by atoms with E-state index in [2.05, 4.69) is 562 Å². The second-order valence-corrected chi connectivity index (χ2v) is 41.3. The Bertz CT molecular complexity index is 10300. The van der Waals surface area contributed by atoms with E-state index in [9.17, 15) is 0 Å². The number of benzene rings is 28. The number of hydrogen-bond acceptors (Lipinski definition) is 0. The Morgan fingerprint density at radius 1 is 0.101 bits per heavy atom.